The summed E-state index contributed by atoms with van der Waals surface area (Å²) in [5.41, 5.74) is 0. The number of nitrogens with zero attached hydrogens (tertiary/aromatic N) is 2. The molecule has 0 aliphatic rings. The van der Waals surface area contributed by atoms with Crippen LogP contribution in [0.3, 0.4) is 0 Å². The van der Waals surface area contributed by atoms with Gasteiger partial charge in [-0.05, 0) is 6.92 Å². The van der Waals surface area contributed by atoms with E-state index in [0.29, 0.717) is 5.75 Å². The third kappa shape index (κ3) is 3.61. The van der Waals surface area contributed by atoms with Gasteiger partial charge in [0.1, 0.15) is 10.8 Å². The lowest BCUT2D eigenvalue weighted by molar-refractivity contribution is 0.322. The molecule has 0 spiro atoms. The number of aromatic nitrogens is 2. The molecule has 5 heteroatoms. The minimum absolute atomic E-state index is 0.164. The van der Waals surface area contributed by atoms with Crippen molar-refractivity contribution >= 4 is 17.6 Å². The fraction of sp³-hybridized carbons (Fsp3) is 0.500. The molecule has 2 N–H and O–H groups in total. The number of nitrogens with one attached hydrogen (secondary N) is 1. The minimum Gasteiger partial charge on any atom is -0.396 e. The van der Waals surface area contributed by atoms with Gasteiger partial charge in [-0.2, -0.15) is 0 Å². The Balaban J connectivity index is 2.56. The summed E-state index contributed by atoms with van der Waals surface area (Å²) in [4.78, 5) is 8.31. The summed E-state index contributed by atoms with van der Waals surface area (Å²) >= 11 is 1.50. The van der Waals surface area contributed by atoms with Crippen molar-refractivity contribution in [2.75, 3.05) is 24.2 Å². The normalized spacial score (nSPS) is 10.0. The van der Waals surface area contributed by atoms with Crippen molar-refractivity contribution in [1.82, 2.24) is 9.97 Å². The predicted molar refractivity (Wildman–Crippen MR) is 54.0 cm³/mol. The Morgan fingerprint density at radius 1 is 1.54 bits per heavy atom. The maximum absolute atomic E-state index is 8.62. The first-order valence-corrected chi connectivity index (χ1v) is 5.15. The topological polar surface area (TPSA) is 58.0 Å². The molecule has 1 aromatic rings. The van der Waals surface area contributed by atoms with Gasteiger partial charge in [0.05, 0.1) is 19.0 Å². The van der Waals surface area contributed by atoms with Crippen molar-refractivity contribution in [3.8, 4) is 0 Å². The molecule has 0 bridgehead atoms. The maximum atomic E-state index is 8.62. The van der Waals surface area contributed by atoms with Gasteiger partial charge < -0.3 is 10.4 Å². The fourth-order valence-corrected chi connectivity index (χ4v) is 1.43. The number of hydrogen-bond donors (Lipinski definition) is 2. The van der Waals surface area contributed by atoms with Crippen molar-refractivity contribution in [3.63, 3.8) is 0 Å². The van der Waals surface area contributed by atoms with Crippen molar-refractivity contribution in [1.29, 1.82) is 0 Å². The lowest BCUT2D eigenvalue weighted by Gasteiger charge is -2.03. The summed E-state index contributed by atoms with van der Waals surface area (Å²) in [7, 11) is 0. The Bertz CT molecular complexity index is 257. The molecule has 0 aliphatic carbocycles. The highest BCUT2D eigenvalue weighted by molar-refractivity contribution is 7.99. The SMILES string of the molecule is CCNc1cncc(SCCO)n1. The molecule has 0 unspecified atom stereocenters. The summed E-state index contributed by atoms with van der Waals surface area (Å²) in [6.45, 7) is 3.01. The average molecular weight is 199 g/mol. The molecule has 0 aliphatic heterocycles. The van der Waals surface area contributed by atoms with E-state index in [1.54, 1.807) is 12.4 Å². The zero-order valence-electron chi connectivity index (χ0n) is 7.53. The summed E-state index contributed by atoms with van der Waals surface area (Å²) < 4.78 is 0. The van der Waals surface area contributed by atoms with Crippen LogP contribution in [0.5, 0.6) is 0 Å². The van der Waals surface area contributed by atoms with E-state index in [1.807, 2.05) is 6.92 Å². The highest BCUT2D eigenvalue weighted by Crippen LogP contribution is 2.14. The number of thioether (sulfide) groups is 1. The standard InChI is InChI=1S/C8H13N3OS/c1-2-10-7-5-9-6-8(11-7)13-4-3-12/h5-6,12H,2-4H2,1H3,(H,10,11). The van der Waals surface area contributed by atoms with Gasteiger partial charge in [0.15, 0.2) is 0 Å². The Labute approximate surface area is 81.8 Å². The average Bonchev–Trinajstić information content (AvgIpc) is 2.16. The quantitative estimate of drug-likeness (QED) is 0.693. The van der Waals surface area contributed by atoms with E-state index in [0.717, 1.165) is 17.4 Å². The molecule has 0 radical (unpaired) electrons. The van der Waals surface area contributed by atoms with Gasteiger partial charge in [0, 0.05) is 12.3 Å². The lowest BCUT2D eigenvalue weighted by atomic mass is 10.6. The predicted octanol–water partition coefficient (Wildman–Crippen LogP) is 0.993. The Morgan fingerprint density at radius 2 is 2.38 bits per heavy atom. The van der Waals surface area contributed by atoms with Crippen LogP contribution >= 0.6 is 11.8 Å². The molecule has 0 fully saturated rings. The molecule has 1 heterocycles. The van der Waals surface area contributed by atoms with Crippen LogP contribution in [0.2, 0.25) is 0 Å². The van der Waals surface area contributed by atoms with Crippen LogP contribution in [0.15, 0.2) is 17.4 Å². The smallest absolute Gasteiger partial charge is 0.145 e. The lowest BCUT2D eigenvalue weighted by Crippen LogP contribution is -2.00. The monoisotopic (exact) mass is 199 g/mol. The van der Waals surface area contributed by atoms with Crippen LogP contribution in [0.1, 0.15) is 6.92 Å². The Morgan fingerprint density at radius 3 is 3.08 bits per heavy atom. The third-order valence-electron chi connectivity index (χ3n) is 1.31. The van der Waals surface area contributed by atoms with E-state index >= 15 is 0 Å². The van der Waals surface area contributed by atoms with E-state index in [4.69, 9.17) is 5.11 Å². The second-order valence-corrected chi connectivity index (χ2v) is 3.46. The van der Waals surface area contributed by atoms with Crippen LogP contribution in [-0.2, 0) is 0 Å². The molecular formula is C8H13N3OS. The maximum Gasteiger partial charge on any atom is 0.145 e. The van der Waals surface area contributed by atoms with Crippen LogP contribution in [-0.4, -0.2) is 34.0 Å². The molecule has 72 valence electrons. The highest BCUT2D eigenvalue weighted by Gasteiger charge is 1.97. The van der Waals surface area contributed by atoms with Gasteiger partial charge in [0.2, 0.25) is 0 Å². The summed E-state index contributed by atoms with van der Waals surface area (Å²) in [6.07, 6.45) is 3.38. The second-order valence-electron chi connectivity index (χ2n) is 2.34. The van der Waals surface area contributed by atoms with E-state index in [1.165, 1.54) is 11.8 Å². The summed E-state index contributed by atoms with van der Waals surface area (Å²) in [5.74, 6) is 1.44. The van der Waals surface area contributed by atoms with E-state index in [2.05, 4.69) is 15.3 Å². The number of hydrogen-bond acceptors (Lipinski definition) is 5. The first-order valence-electron chi connectivity index (χ1n) is 4.16. The largest absolute Gasteiger partial charge is 0.396 e. The van der Waals surface area contributed by atoms with Crippen LogP contribution in [0.25, 0.3) is 0 Å². The molecule has 13 heavy (non-hydrogen) atoms. The molecule has 4 nitrogen and oxygen atoms in total. The van der Waals surface area contributed by atoms with Crippen molar-refractivity contribution in [2.45, 2.75) is 11.9 Å². The summed E-state index contributed by atoms with van der Waals surface area (Å²) in [5, 5.41) is 12.5. The van der Waals surface area contributed by atoms with E-state index in [9.17, 15) is 0 Å². The molecule has 0 saturated heterocycles. The van der Waals surface area contributed by atoms with Crippen LogP contribution in [0.4, 0.5) is 5.82 Å². The number of aliphatic hydroxyl groups is 1. The fourth-order valence-electron chi connectivity index (χ4n) is 0.834. The van der Waals surface area contributed by atoms with Crippen LogP contribution < -0.4 is 5.32 Å². The first-order chi connectivity index (χ1) is 6.36. The third-order valence-corrected chi connectivity index (χ3v) is 2.19. The molecule has 0 saturated carbocycles. The molecule has 1 aromatic heterocycles. The highest BCUT2D eigenvalue weighted by atomic mass is 32.2. The molecule has 1 rings (SSSR count). The molecule has 0 amide bonds. The van der Waals surface area contributed by atoms with E-state index in [-0.39, 0.29) is 6.61 Å². The summed E-state index contributed by atoms with van der Waals surface area (Å²) in [6, 6.07) is 0. The van der Waals surface area contributed by atoms with Gasteiger partial charge in [-0.3, -0.25) is 4.98 Å². The van der Waals surface area contributed by atoms with Gasteiger partial charge >= 0.3 is 0 Å². The second kappa shape index (κ2) is 5.77. The van der Waals surface area contributed by atoms with Crippen molar-refractivity contribution in [3.05, 3.63) is 12.4 Å². The van der Waals surface area contributed by atoms with Crippen molar-refractivity contribution < 1.29 is 5.11 Å². The molecular weight excluding hydrogens is 186 g/mol. The van der Waals surface area contributed by atoms with Gasteiger partial charge in [-0.1, -0.05) is 0 Å². The minimum atomic E-state index is 0.164. The zero-order chi connectivity index (χ0) is 9.52. The van der Waals surface area contributed by atoms with E-state index < -0.39 is 0 Å². The number of rotatable bonds is 5. The number of anilines is 1. The zero-order valence-corrected chi connectivity index (χ0v) is 8.34. The van der Waals surface area contributed by atoms with Gasteiger partial charge in [0.25, 0.3) is 0 Å². The molecule has 0 aromatic carbocycles. The Hall–Kier alpha value is -0.810. The van der Waals surface area contributed by atoms with Gasteiger partial charge in [-0.25, -0.2) is 4.98 Å². The Kier molecular flexibility index (Phi) is 4.56. The van der Waals surface area contributed by atoms with Gasteiger partial charge in [-0.15, -0.1) is 11.8 Å². The van der Waals surface area contributed by atoms with Crippen LogP contribution in [0, 0.1) is 0 Å². The first kappa shape index (κ1) is 10.3. The molecule has 0 atom stereocenters. The van der Waals surface area contributed by atoms with Crippen molar-refractivity contribution in [2.24, 2.45) is 0 Å². The number of aliphatic hydroxyl groups excluding tert-OH is 1.